The van der Waals surface area contributed by atoms with Crippen LogP contribution in [0.25, 0.3) is 0 Å². The summed E-state index contributed by atoms with van der Waals surface area (Å²) in [6, 6.07) is 4.01. The predicted octanol–water partition coefficient (Wildman–Crippen LogP) is 2.14. The number of nitrogens with one attached hydrogen (secondary N) is 2. The van der Waals surface area contributed by atoms with Crippen LogP contribution in [0, 0.1) is 10.1 Å². The minimum atomic E-state index is -0.493. The predicted molar refractivity (Wildman–Crippen MR) is 74.7 cm³/mol. The van der Waals surface area contributed by atoms with Crippen molar-refractivity contribution in [3.63, 3.8) is 0 Å². The van der Waals surface area contributed by atoms with Crippen molar-refractivity contribution in [1.82, 2.24) is 9.97 Å². The van der Waals surface area contributed by atoms with Crippen LogP contribution in [0.4, 0.5) is 17.5 Å². The van der Waals surface area contributed by atoms with Gasteiger partial charge in [0, 0.05) is 18.5 Å². The van der Waals surface area contributed by atoms with Gasteiger partial charge in [-0.3, -0.25) is 10.1 Å². The second kappa shape index (κ2) is 6.10. The molecule has 0 amide bonds. The summed E-state index contributed by atoms with van der Waals surface area (Å²) in [5.41, 5.74) is -0.120. The van der Waals surface area contributed by atoms with E-state index >= 15 is 0 Å². The fourth-order valence-corrected chi connectivity index (χ4v) is 2.23. The van der Waals surface area contributed by atoms with Crippen molar-refractivity contribution in [2.24, 2.45) is 0 Å². The van der Waals surface area contributed by atoms with E-state index in [1.54, 1.807) is 18.4 Å². The third-order valence-corrected chi connectivity index (χ3v) is 3.37. The maximum atomic E-state index is 10.9. The van der Waals surface area contributed by atoms with E-state index in [1.165, 1.54) is 11.1 Å². The molecule has 0 saturated heterocycles. The van der Waals surface area contributed by atoms with Gasteiger partial charge in [0.2, 0.25) is 11.8 Å². The van der Waals surface area contributed by atoms with Gasteiger partial charge in [-0.25, -0.2) is 4.98 Å². The fourth-order valence-electron chi connectivity index (χ4n) is 1.52. The number of anilines is 2. The van der Waals surface area contributed by atoms with E-state index in [-0.39, 0.29) is 11.5 Å². The average Bonchev–Trinajstić information content (AvgIpc) is 2.91. The molecule has 0 atom stereocenters. The molecule has 2 N–H and O–H groups in total. The van der Waals surface area contributed by atoms with Gasteiger partial charge >= 0.3 is 5.69 Å². The number of nitro groups is 1. The van der Waals surface area contributed by atoms with E-state index in [0.29, 0.717) is 12.5 Å². The zero-order valence-corrected chi connectivity index (χ0v) is 11.1. The first kappa shape index (κ1) is 13.2. The molecule has 19 heavy (non-hydrogen) atoms. The highest BCUT2D eigenvalue weighted by Crippen LogP contribution is 2.21. The standard InChI is InChI=1S/C11H13N5O2S/c1-12-11-14-7-9(16(17)18)10(15-11)13-5-4-8-3-2-6-19-8/h2-3,6-7H,4-5H2,1H3,(H2,12,13,14,15). The topological polar surface area (TPSA) is 93.0 Å². The lowest BCUT2D eigenvalue weighted by Crippen LogP contribution is -2.10. The molecule has 2 heterocycles. The molecule has 2 aromatic rings. The maximum absolute atomic E-state index is 10.9. The van der Waals surface area contributed by atoms with Gasteiger partial charge < -0.3 is 10.6 Å². The van der Waals surface area contributed by atoms with Crippen molar-refractivity contribution in [3.05, 3.63) is 38.7 Å². The molecule has 7 nitrogen and oxygen atoms in total. The molecule has 0 fully saturated rings. The highest BCUT2D eigenvalue weighted by Gasteiger charge is 2.16. The second-order valence-corrected chi connectivity index (χ2v) is 4.72. The molecule has 0 unspecified atom stereocenters. The lowest BCUT2D eigenvalue weighted by Gasteiger charge is -2.06. The first-order valence-electron chi connectivity index (χ1n) is 5.66. The third-order valence-electron chi connectivity index (χ3n) is 2.43. The van der Waals surface area contributed by atoms with Crippen molar-refractivity contribution in [3.8, 4) is 0 Å². The van der Waals surface area contributed by atoms with Crippen LogP contribution >= 0.6 is 11.3 Å². The molecule has 2 rings (SSSR count). The molecule has 2 aromatic heterocycles. The molecule has 0 saturated carbocycles. The van der Waals surface area contributed by atoms with Gasteiger partial charge in [-0.05, 0) is 17.9 Å². The van der Waals surface area contributed by atoms with Gasteiger partial charge in [0.05, 0.1) is 4.92 Å². The largest absolute Gasteiger partial charge is 0.364 e. The summed E-state index contributed by atoms with van der Waals surface area (Å²) in [6.45, 7) is 0.585. The Balaban J connectivity index is 2.06. The minimum Gasteiger partial charge on any atom is -0.364 e. The van der Waals surface area contributed by atoms with Crippen molar-refractivity contribution in [2.45, 2.75) is 6.42 Å². The molecule has 100 valence electrons. The Morgan fingerprint density at radius 2 is 2.37 bits per heavy atom. The number of hydrogen-bond donors (Lipinski definition) is 2. The lowest BCUT2D eigenvalue weighted by atomic mass is 10.3. The first-order valence-corrected chi connectivity index (χ1v) is 6.54. The summed E-state index contributed by atoms with van der Waals surface area (Å²) in [5, 5.41) is 18.6. The molecular weight excluding hydrogens is 266 g/mol. The molecule has 0 aromatic carbocycles. The third kappa shape index (κ3) is 3.38. The average molecular weight is 279 g/mol. The van der Waals surface area contributed by atoms with Gasteiger partial charge in [-0.2, -0.15) is 4.98 Å². The summed E-state index contributed by atoms with van der Waals surface area (Å²) in [6.07, 6.45) is 2.00. The van der Waals surface area contributed by atoms with E-state index < -0.39 is 4.92 Å². The lowest BCUT2D eigenvalue weighted by molar-refractivity contribution is -0.384. The number of hydrogen-bond acceptors (Lipinski definition) is 7. The van der Waals surface area contributed by atoms with Crippen LogP contribution in [-0.4, -0.2) is 28.5 Å². The van der Waals surface area contributed by atoms with Gasteiger partial charge in [0.15, 0.2) is 0 Å². The Morgan fingerprint density at radius 1 is 1.53 bits per heavy atom. The van der Waals surface area contributed by atoms with Gasteiger partial charge in [-0.15, -0.1) is 11.3 Å². The van der Waals surface area contributed by atoms with E-state index in [2.05, 4.69) is 20.6 Å². The summed E-state index contributed by atoms with van der Waals surface area (Å²) in [7, 11) is 1.66. The molecule has 0 aliphatic carbocycles. The van der Waals surface area contributed by atoms with Crippen LogP contribution < -0.4 is 10.6 Å². The summed E-state index contributed by atoms with van der Waals surface area (Å²) in [5.74, 6) is 0.588. The van der Waals surface area contributed by atoms with Crippen molar-refractivity contribution >= 4 is 28.8 Å². The van der Waals surface area contributed by atoms with Crippen LogP contribution in [0.3, 0.4) is 0 Å². The van der Waals surface area contributed by atoms with E-state index in [1.807, 2.05) is 17.5 Å². The molecule has 0 aliphatic rings. The number of rotatable bonds is 6. The van der Waals surface area contributed by atoms with Crippen LogP contribution in [-0.2, 0) is 6.42 Å². The fraction of sp³-hybridized carbons (Fsp3) is 0.273. The van der Waals surface area contributed by atoms with Crippen molar-refractivity contribution in [1.29, 1.82) is 0 Å². The maximum Gasteiger partial charge on any atom is 0.329 e. The Hall–Kier alpha value is -2.22. The highest BCUT2D eigenvalue weighted by atomic mass is 32.1. The van der Waals surface area contributed by atoms with Crippen molar-refractivity contribution in [2.75, 3.05) is 24.2 Å². The van der Waals surface area contributed by atoms with Gasteiger partial charge in [0.1, 0.15) is 6.20 Å². The second-order valence-electron chi connectivity index (χ2n) is 3.69. The van der Waals surface area contributed by atoms with Crippen molar-refractivity contribution < 1.29 is 4.92 Å². The Labute approximate surface area is 113 Å². The normalized spacial score (nSPS) is 10.2. The highest BCUT2D eigenvalue weighted by molar-refractivity contribution is 7.09. The molecule has 0 spiro atoms. The van der Waals surface area contributed by atoms with Crippen LogP contribution in [0.15, 0.2) is 23.7 Å². The summed E-state index contributed by atoms with van der Waals surface area (Å²) >= 11 is 1.66. The summed E-state index contributed by atoms with van der Waals surface area (Å²) < 4.78 is 0. The zero-order valence-electron chi connectivity index (χ0n) is 10.3. The summed E-state index contributed by atoms with van der Waals surface area (Å²) in [4.78, 5) is 19.5. The molecule has 0 bridgehead atoms. The molecule has 0 radical (unpaired) electrons. The Bertz CT molecular complexity index is 558. The minimum absolute atomic E-state index is 0.120. The molecular formula is C11H13N5O2S. The Kier molecular flexibility index (Phi) is 4.24. The SMILES string of the molecule is CNc1ncc([N+](=O)[O-])c(NCCc2cccs2)n1. The van der Waals surface area contributed by atoms with E-state index in [0.717, 1.165) is 6.42 Å². The van der Waals surface area contributed by atoms with Crippen LogP contribution in [0.2, 0.25) is 0 Å². The van der Waals surface area contributed by atoms with Crippen LogP contribution in [0.1, 0.15) is 4.88 Å². The molecule has 8 heteroatoms. The number of thiophene rings is 1. The van der Waals surface area contributed by atoms with E-state index in [9.17, 15) is 10.1 Å². The number of aromatic nitrogens is 2. The molecule has 0 aliphatic heterocycles. The quantitative estimate of drug-likeness (QED) is 0.621. The van der Waals surface area contributed by atoms with Gasteiger partial charge in [-0.1, -0.05) is 6.07 Å². The Morgan fingerprint density at radius 3 is 3.00 bits per heavy atom. The smallest absolute Gasteiger partial charge is 0.329 e. The first-order chi connectivity index (χ1) is 9.20. The van der Waals surface area contributed by atoms with Gasteiger partial charge in [0.25, 0.3) is 0 Å². The van der Waals surface area contributed by atoms with Crippen LogP contribution in [0.5, 0.6) is 0 Å². The zero-order chi connectivity index (χ0) is 13.7. The van der Waals surface area contributed by atoms with E-state index in [4.69, 9.17) is 0 Å². The number of nitrogens with zero attached hydrogens (tertiary/aromatic N) is 3. The monoisotopic (exact) mass is 279 g/mol.